The Morgan fingerprint density at radius 2 is 1.96 bits per heavy atom. The second-order valence-electron chi connectivity index (χ2n) is 6.24. The first-order valence-electron chi connectivity index (χ1n) is 8.68. The van der Waals surface area contributed by atoms with Crippen LogP contribution in [0, 0.1) is 0 Å². The molecule has 1 fully saturated rings. The van der Waals surface area contributed by atoms with Crippen LogP contribution in [-0.2, 0) is 4.79 Å². The van der Waals surface area contributed by atoms with Crippen molar-refractivity contribution >= 4 is 34.8 Å². The summed E-state index contributed by atoms with van der Waals surface area (Å²) in [5, 5.41) is 1.90. The van der Waals surface area contributed by atoms with Gasteiger partial charge < -0.3 is 9.64 Å². The summed E-state index contributed by atoms with van der Waals surface area (Å²) < 4.78 is 5.84. The first-order valence-corrected chi connectivity index (χ1v) is 9.50. The highest BCUT2D eigenvalue weighted by molar-refractivity contribution is 8.18. The number of amides is 2. The summed E-state index contributed by atoms with van der Waals surface area (Å²) in [5.74, 6) is 1.33. The molecule has 1 aromatic carbocycles. The second kappa shape index (κ2) is 8.73. The molecule has 1 aliphatic rings. The highest BCUT2D eigenvalue weighted by Gasteiger charge is 2.24. The van der Waals surface area contributed by atoms with E-state index >= 15 is 0 Å². The van der Waals surface area contributed by atoms with Crippen molar-refractivity contribution in [3.8, 4) is 5.75 Å². The zero-order chi connectivity index (χ0) is 19.2. The normalized spacial score (nSPS) is 15.3. The number of benzene rings is 1. The highest BCUT2D eigenvalue weighted by atomic mass is 32.2. The second-order valence-corrected chi connectivity index (χ2v) is 7.26. The lowest BCUT2D eigenvalue weighted by Gasteiger charge is -2.27. The van der Waals surface area contributed by atoms with Gasteiger partial charge in [-0.15, -0.1) is 0 Å². The van der Waals surface area contributed by atoms with Gasteiger partial charge in [-0.3, -0.25) is 14.9 Å². The van der Waals surface area contributed by atoms with Gasteiger partial charge in [0.2, 0.25) is 0 Å². The number of carbonyl (C=O) groups excluding carboxylic acids is 2. The van der Waals surface area contributed by atoms with Gasteiger partial charge >= 0.3 is 0 Å². The van der Waals surface area contributed by atoms with Crippen molar-refractivity contribution < 1.29 is 14.3 Å². The summed E-state index contributed by atoms with van der Waals surface area (Å²) in [6, 6.07) is 13.6. The molecule has 0 atom stereocenters. The molecule has 0 bridgehead atoms. The molecule has 1 saturated heterocycles. The van der Waals surface area contributed by atoms with Gasteiger partial charge in [0.1, 0.15) is 18.2 Å². The number of imide groups is 1. The van der Waals surface area contributed by atoms with Crippen molar-refractivity contribution in [3.05, 3.63) is 59.1 Å². The number of rotatable bonds is 7. The van der Waals surface area contributed by atoms with Crippen LogP contribution in [0.4, 0.5) is 10.6 Å². The maximum Gasteiger partial charge on any atom is 0.290 e. The molecular formula is C20H21N3O3S. The maximum absolute atomic E-state index is 11.6. The Balaban J connectivity index is 1.56. The molecule has 7 heteroatoms. The first-order chi connectivity index (χ1) is 13.0. The molecule has 140 valence electrons. The van der Waals surface area contributed by atoms with Crippen LogP contribution in [0.1, 0.15) is 19.4 Å². The third-order valence-electron chi connectivity index (χ3n) is 3.99. The molecule has 0 radical (unpaired) electrons. The van der Waals surface area contributed by atoms with E-state index in [-0.39, 0.29) is 11.1 Å². The molecular weight excluding hydrogens is 362 g/mol. The standard InChI is InChI=1S/C20H21N3O3S/c1-14(2)23(18-5-3-4-10-21-18)11-12-26-16-8-6-15(7-9-16)13-17-19(24)22-20(25)27-17/h3-10,13-14H,11-12H2,1-2H3,(H,22,24,25). The molecule has 2 amide bonds. The smallest absolute Gasteiger partial charge is 0.290 e. The molecule has 6 nitrogen and oxygen atoms in total. The number of carbonyl (C=O) groups is 2. The van der Waals surface area contributed by atoms with Crippen molar-refractivity contribution in [2.45, 2.75) is 19.9 Å². The molecule has 0 unspecified atom stereocenters. The van der Waals surface area contributed by atoms with Gasteiger partial charge in [0, 0.05) is 12.2 Å². The van der Waals surface area contributed by atoms with E-state index in [4.69, 9.17) is 4.74 Å². The van der Waals surface area contributed by atoms with Gasteiger partial charge in [0.25, 0.3) is 11.1 Å². The molecule has 2 heterocycles. The van der Waals surface area contributed by atoms with Crippen LogP contribution >= 0.6 is 11.8 Å². The van der Waals surface area contributed by atoms with Crippen molar-refractivity contribution in [2.24, 2.45) is 0 Å². The van der Waals surface area contributed by atoms with E-state index in [0.29, 0.717) is 17.6 Å². The quantitative estimate of drug-likeness (QED) is 0.735. The van der Waals surface area contributed by atoms with E-state index in [0.717, 1.165) is 35.4 Å². The zero-order valence-corrected chi connectivity index (χ0v) is 16.0. The van der Waals surface area contributed by atoms with Crippen LogP contribution in [0.15, 0.2) is 53.6 Å². The minimum absolute atomic E-state index is 0.315. The number of ether oxygens (including phenoxy) is 1. The Hall–Kier alpha value is -2.80. The summed E-state index contributed by atoms with van der Waals surface area (Å²) in [6.07, 6.45) is 3.48. The van der Waals surface area contributed by atoms with Crippen LogP contribution in [0.25, 0.3) is 6.08 Å². The van der Waals surface area contributed by atoms with Crippen LogP contribution in [0.2, 0.25) is 0 Å². The van der Waals surface area contributed by atoms with Crippen molar-refractivity contribution in [3.63, 3.8) is 0 Å². The number of hydrogen-bond acceptors (Lipinski definition) is 6. The maximum atomic E-state index is 11.6. The molecule has 0 spiro atoms. The number of anilines is 1. The van der Waals surface area contributed by atoms with E-state index in [9.17, 15) is 9.59 Å². The topological polar surface area (TPSA) is 71.5 Å². The minimum Gasteiger partial charge on any atom is -0.492 e. The number of nitrogens with one attached hydrogen (secondary N) is 1. The predicted molar refractivity (Wildman–Crippen MR) is 108 cm³/mol. The van der Waals surface area contributed by atoms with Crippen LogP contribution < -0.4 is 15.0 Å². The monoisotopic (exact) mass is 383 g/mol. The number of aromatic nitrogens is 1. The average molecular weight is 383 g/mol. The van der Waals surface area contributed by atoms with E-state index in [1.807, 2.05) is 42.5 Å². The molecule has 1 N–H and O–H groups in total. The van der Waals surface area contributed by atoms with E-state index in [1.54, 1.807) is 12.3 Å². The van der Waals surface area contributed by atoms with Gasteiger partial charge in [0.15, 0.2) is 0 Å². The lowest BCUT2D eigenvalue weighted by Crippen LogP contribution is -2.35. The van der Waals surface area contributed by atoms with Crippen LogP contribution in [0.5, 0.6) is 5.75 Å². The molecule has 3 rings (SSSR count). The van der Waals surface area contributed by atoms with Crippen molar-refractivity contribution in [1.29, 1.82) is 0 Å². The number of pyridine rings is 1. The Kier molecular flexibility index (Phi) is 6.13. The first kappa shape index (κ1) is 19.0. The minimum atomic E-state index is -0.353. The third kappa shape index (κ3) is 5.10. The molecule has 0 aliphatic carbocycles. The summed E-state index contributed by atoms with van der Waals surface area (Å²) in [4.78, 5) is 29.8. The van der Waals surface area contributed by atoms with Gasteiger partial charge in [-0.05, 0) is 61.5 Å². The van der Waals surface area contributed by atoms with Gasteiger partial charge in [-0.1, -0.05) is 18.2 Å². The number of nitrogens with zero attached hydrogens (tertiary/aromatic N) is 2. The zero-order valence-electron chi connectivity index (χ0n) is 15.2. The Bertz CT molecular complexity index is 835. The van der Waals surface area contributed by atoms with Crippen LogP contribution in [0.3, 0.4) is 0 Å². The van der Waals surface area contributed by atoms with Crippen molar-refractivity contribution in [1.82, 2.24) is 10.3 Å². The Morgan fingerprint density at radius 3 is 2.56 bits per heavy atom. The Morgan fingerprint density at radius 1 is 1.19 bits per heavy atom. The fourth-order valence-electron chi connectivity index (χ4n) is 2.66. The fraction of sp³-hybridized carbons (Fsp3) is 0.250. The van der Waals surface area contributed by atoms with Crippen molar-refractivity contribution in [2.75, 3.05) is 18.1 Å². The molecule has 2 aromatic rings. The van der Waals surface area contributed by atoms with E-state index < -0.39 is 0 Å². The largest absolute Gasteiger partial charge is 0.492 e. The molecule has 0 saturated carbocycles. The average Bonchev–Trinajstić information content (AvgIpc) is 2.97. The fourth-order valence-corrected chi connectivity index (χ4v) is 3.34. The predicted octanol–water partition coefficient (Wildman–Crippen LogP) is 3.70. The molecule has 27 heavy (non-hydrogen) atoms. The summed E-state index contributed by atoms with van der Waals surface area (Å²) in [6.45, 7) is 5.50. The van der Waals surface area contributed by atoms with Gasteiger partial charge in [0.05, 0.1) is 11.4 Å². The summed E-state index contributed by atoms with van der Waals surface area (Å²) in [5.41, 5.74) is 0.840. The van der Waals surface area contributed by atoms with Gasteiger partial charge in [-0.25, -0.2) is 4.98 Å². The summed E-state index contributed by atoms with van der Waals surface area (Å²) >= 11 is 0.909. The van der Waals surface area contributed by atoms with Gasteiger partial charge in [-0.2, -0.15) is 0 Å². The molecule has 1 aromatic heterocycles. The number of hydrogen-bond donors (Lipinski definition) is 1. The molecule has 1 aliphatic heterocycles. The van der Waals surface area contributed by atoms with E-state index in [2.05, 4.69) is 29.0 Å². The highest BCUT2D eigenvalue weighted by Crippen LogP contribution is 2.26. The third-order valence-corrected chi connectivity index (χ3v) is 4.80. The Labute approximate surface area is 162 Å². The summed E-state index contributed by atoms with van der Waals surface area (Å²) in [7, 11) is 0. The SMILES string of the molecule is CC(C)N(CCOc1ccc(C=C2SC(=O)NC2=O)cc1)c1ccccn1. The lowest BCUT2D eigenvalue weighted by molar-refractivity contribution is -0.115. The van der Waals surface area contributed by atoms with Crippen LogP contribution in [-0.4, -0.2) is 35.3 Å². The van der Waals surface area contributed by atoms with E-state index in [1.165, 1.54) is 0 Å². The lowest BCUT2D eigenvalue weighted by atomic mass is 10.2. The number of thioether (sulfide) groups is 1.